The fourth-order valence-electron chi connectivity index (χ4n) is 1.73. The minimum atomic E-state index is -0.573. The summed E-state index contributed by atoms with van der Waals surface area (Å²) in [4.78, 5) is 12.3. The van der Waals surface area contributed by atoms with Crippen LogP contribution in [0.3, 0.4) is 0 Å². The minimum absolute atomic E-state index is 0.213. The molecule has 1 heterocycles. The van der Waals surface area contributed by atoms with Gasteiger partial charge in [-0.15, -0.1) is 0 Å². The summed E-state index contributed by atoms with van der Waals surface area (Å²) >= 11 is 1.58. The van der Waals surface area contributed by atoms with Crippen LogP contribution in [0.15, 0.2) is 29.2 Å². The maximum Gasteiger partial charge on any atom is 0.313 e. The van der Waals surface area contributed by atoms with Crippen LogP contribution in [-0.2, 0) is 9.53 Å². The average Bonchev–Trinajstić information content (AvgIpc) is 2.65. The van der Waals surface area contributed by atoms with Crippen molar-refractivity contribution in [2.24, 2.45) is 5.92 Å². The van der Waals surface area contributed by atoms with E-state index in [-0.39, 0.29) is 11.9 Å². The number of para-hydroxylation sites is 1. The molecule has 0 radical (unpaired) electrons. The van der Waals surface area contributed by atoms with Crippen LogP contribution in [0.4, 0.5) is 0 Å². The quantitative estimate of drug-likeness (QED) is 0.774. The Bertz CT molecular complexity index is 405. The van der Waals surface area contributed by atoms with Crippen LogP contribution in [0.5, 0.6) is 5.75 Å². The number of hydrogen-bond donors (Lipinski definition) is 0. The van der Waals surface area contributed by atoms with Crippen LogP contribution in [-0.4, -0.2) is 17.5 Å². The number of hydrogen-bond acceptors (Lipinski definition) is 4. The van der Waals surface area contributed by atoms with E-state index in [1.807, 2.05) is 45.0 Å². The SMILES string of the molecule is CCOC(=O)C(C)C1(C)Oc2ccccc2S1. The third kappa shape index (κ3) is 2.27. The second-order valence-electron chi connectivity index (χ2n) is 4.14. The third-order valence-corrected chi connectivity index (χ3v) is 4.30. The Morgan fingerprint density at radius 2 is 2.24 bits per heavy atom. The molecular formula is C13H16O3S. The van der Waals surface area contributed by atoms with Crippen molar-refractivity contribution in [3.8, 4) is 5.75 Å². The molecule has 0 aromatic heterocycles. The van der Waals surface area contributed by atoms with Crippen LogP contribution < -0.4 is 4.74 Å². The molecule has 2 atom stereocenters. The van der Waals surface area contributed by atoms with Crippen molar-refractivity contribution in [3.63, 3.8) is 0 Å². The van der Waals surface area contributed by atoms with Gasteiger partial charge in [0.2, 0.25) is 0 Å². The van der Waals surface area contributed by atoms with Crippen molar-refractivity contribution in [3.05, 3.63) is 24.3 Å². The molecule has 1 aliphatic rings. The zero-order valence-electron chi connectivity index (χ0n) is 10.2. The normalized spacial score (nSPS) is 23.7. The molecule has 0 bridgehead atoms. The Hall–Kier alpha value is -1.16. The number of fused-ring (bicyclic) bond motifs is 1. The Morgan fingerprint density at radius 1 is 1.53 bits per heavy atom. The second-order valence-corrected chi connectivity index (χ2v) is 5.60. The molecule has 0 N–H and O–H groups in total. The van der Waals surface area contributed by atoms with E-state index in [0.717, 1.165) is 10.6 Å². The van der Waals surface area contributed by atoms with Crippen molar-refractivity contribution < 1.29 is 14.3 Å². The summed E-state index contributed by atoms with van der Waals surface area (Å²) in [6.07, 6.45) is 0. The van der Waals surface area contributed by atoms with E-state index in [0.29, 0.717) is 6.61 Å². The van der Waals surface area contributed by atoms with Gasteiger partial charge in [0, 0.05) is 0 Å². The lowest BCUT2D eigenvalue weighted by Gasteiger charge is -2.28. The lowest BCUT2D eigenvalue weighted by atomic mass is 10.1. The first-order chi connectivity index (χ1) is 8.07. The Labute approximate surface area is 105 Å². The Balaban J connectivity index is 2.16. The van der Waals surface area contributed by atoms with Crippen molar-refractivity contribution in [2.45, 2.75) is 30.6 Å². The standard InChI is InChI=1S/C13H16O3S/c1-4-15-12(14)9(2)13(3)16-10-7-5-6-8-11(10)17-13/h5-9H,4H2,1-3H3. The van der Waals surface area contributed by atoms with Gasteiger partial charge in [-0.1, -0.05) is 23.9 Å². The summed E-state index contributed by atoms with van der Waals surface area (Å²) < 4.78 is 10.9. The maximum atomic E-state index is 11.8. The van der Waals surface area contributed by atoms with E-state index in [2.05, 4.69) is 0 Å². The smallest absolute Gasteiger partial charge is 0.313 e. The van der Waals surface area contributed by atoms with Gasteiger partial charge in [-0.05, 0) is 32.9 Å². The number of ether oxygens (including phenoxy) is 2. The first kappa shape index (κ1) is 12.3. The second kappa shape index (κ2) is 4.61. The van der Waals surface area contributed by atoms with Gasteiger partial charge in [0.05, 0.1) is 11.5 Å². The van der Waals surface area contributed by atoms with Gasteiger partial charge in [0.25, 0.3) is 0 Å². The zero-order chi connectivity index (χ0) is 12.5. The zero-order valence-corrected chi connectivity index (χ0v) is 11.0. The lowest BCUT2D eigenvalue weighted by Crippen LogP contribution is -2.38. The van der Waals surface area contributed by atoms with Gasteiger partial charge in [0.1, 0.15) is 11.7 Å². The fraction of sp³-hybridized carbons (Fsp3) is 0.462. The molecule has 0 saturated heterocycles. The third-order valence-electron chi connectivity index (χ3n) is 2.90. The molecule has 0 amide bonds. The molecular weight excluding hydrogens is 236 g/mol. The van der Waals surface area contributed by atoms with Crippen molar-refractivity contribution >= 4 is 17.7 Å². The molecule has 17 heavy (non-hydrogen) atoms. The summed E-state index contributed by atoms with van der Waals surface area (Å²) in [6, 6.07) is 7.82. The monoisotopic (exact) mass is 252 g/mol. The number of esters is 1. The molecule has 0 spiro atoms. The van der Waals surface area contributed by atoms with Gasteiger partial charge in [-0.25, -0.2) is 0 Å². The van der Waals surface area contributed by atoms with E-state index in [9.17, 15) is 4.79 Å². The summed E-state index contributed by atoms with van der Waals surface area (Å²) in [6.45, 7) is 5.98. The highest BCUT2D eigenvalue weighted by Gasteiger charge is 2.44. The molecule has 0 fully saturated rings. The van der Waals surface area contributed by atoms with E-state index in [1.54, 1.807) is 11.8 Å². The topological polar surface area (TPSA) is 35.5 Å². The summed E-state index contributed by atoms with van der Waals surface area (Å²) in [5, 5.41) is 0. The van der Waals surface area contributed by atoms with Crippen LogP contribution in [0.1, 0.15) is 20.8 Å². The highest BCUT2D eigenvalue weighted by atomic mass is 32.2. The first-order valence-corrected chi connectivity index (χ1v) is 6.52. The molecule has 1 aromatic rings. The predicted molar refractivity (Wildman–Crippen MR) is 67.1 cm³/mol. The van der Waals surface area contributed by atoms with E-state index >= 15 is 0 Å². The fourth-order valence-corrected chi connectivity index (χ4v) is 2.93. The van der Waals surface area contributed by atoms with Crippen LogP contribution in [0.2, 0.25) is 0 Å². The number of rotatable bonds is 3. The van der Waals surface area contributed by atoms with Gasteiger partial charge >= 0.3 is 5.97 Å². The highest BCUT2D eigenvalue weighted by Crippen LogP contribution is 2.50. The van der Waals surface area contributed by atoms with Gasteiger partial charge in [-0.2, -0.15) is 0 Å². The maximum absolute atomic E-state index is 11.8. The van der Waals surface area contributed by atoms with Gasteiger partial charge in [0.15, 0.2) is 4.93 Å². The van der Waals surface area contributed by atoms with Crippen LogP contribution >= 0.6 is 11.8 Å². The largest absolute Gasteiger partial charge is 0.474 e. The molecule has 92 valence electrons. The molecule has 2 unspecified atom stereocenters. The predicted octanol–water partition coefficient (Wildman–Crippen LogP) is 3.09. The van der Waals surface area contributed by atoms with Crippen molar-refractivity contribution in [1.82, 2.24) is 0 Å². The van der Waals surface area contributed by atoms with E-state index in [1.165, 1.54) is 0 Å². The van der Waals surface area contributed by atoms with Crippen molar-refractivity contribution in [2.75, 3.05) is 6.61 Å². The molecule has 1 aromatic carbocycles. The van der Waals surface area contributed by atoms with E-state index in [4.69, 9.17) is 9.47 Å². The first-order valence-electron chi connectivity index (χ1n) is 5.70. The van der Waals surface area contributed by atoms with Crippen molar-refractivity contribution in [1.29, 1.82) is 0 Å². The van der Waals surface area contributed by atoms with E-state index < -0.39 is 4.93 Å². The molecule has 0 aliphatic carbocycles. The van der Waals surface area contributed by atoms with Gasteiger partial charge < -0.3 is 9.47 Å². The van der Waals surface area contributed by atoms with Gasteiger partial charge in [-0.3, -0.25) is 4.79 Å². The molecule has 1 aliphatic heterocycles. The number of thioether (sulfide) groups is 1. The summed E-state index contributed by atoms with van der Waals surface area (Å²) in [7, 11) is 0. The highest BCUT2D eigenvalue weighted by molar-refractivity contribution is 8.00. The number of carbonyl (C=O) groups excluding carboxylic acids is 1. The number of carbonyl (C=O) groups is 1. The minimum Gasteiger partial charge on any atom is -0.474 e. The molecule has 3 nitrogen and oxygen atoms in total. The molecule has 2 rings (SSSR count). The summed E-state index contributed by atoms with van der Waals surface area (Å²) in [5.41, 5.74) is 0. The molecule has 0 saturated carbocycles. The number of benzene rings is 1. The Morgan fingerprint density at radius 3 is 2.88 bits per heavy atom. The lowest BCUT2D eigenvalue weighted by molar-refractivity contribution is -0.151. The van der Waals surface area contributed by atoms with Crippen LogP contribution in [0, 0.1) is 5.92 Å². The summed E-state index contributed by atoms with van der Waals surface area (Å²) in [5.74, 6) is 0.325. The Kier molecular flexibility index (Phi) is 3.33. The average molecular weight is 252 g/mol. The van der Waals surface area contributed by atoms with Crippen LogP contribution in [0.25, 0.3) is 0 Å². The molecule has 4 heteroatoms.